The first kappa shape index (κ1) is 12.4. The molecule has 0 aliphatic carbocycles. The summed E-state index contributed by atoms with van der Waals surface area (Å²) in [5, 5.41) is 3.39. The summed E-state index contributed by atoms with van der Waals surface area (Å²) in [4.78, 5) is 14.7. The van der Waals surface area contributed by atoms with Gasteiger partial charge in [-0.05, 0) is 30.4 Å². The molecule has 20 heavy (non-hydrogen) atoms. The van der Waals surface area contributed by atoms with Crippen LogP contribution in [0.1, 0.15) is 24.0 Å². The highest BCUT2D eigenvalue weighted by molar-refractivity contribution is 5.82. The number of nitrogens with zero attached hydrogens (tertiary/aromatic N) is 1. The third-order valence-corrected chi connectivity index (χ3v) is 4.73. The van der Waals surface area contributed by atoms with Crippen molar-refractivity contribution in [2.24, 2.45) is 0 Å². The summed E-state index contributed by atoms with van der Waals surface area (Å²) in [6.07, 6.45) is 3.56. The van der Waals surface area contributed by atoms with E-state index >= 15 is 0 Å². The van der Waals surface area contributed by atoms with E-state index in [1.165, 1.54) is 11.1 Å². The van der Waals surface area contributed by atoms with E-state index in [2.05, 4.69) is 29.6 Å². The van der Waals surface area contributed by atoms with Gasteiger partial charge < -0.3 is 15.0 Å². The number of likely N-dealkylation sites (tertiary alicyclic amines) is 1. The minimum absolute atomic E-state index is 0.0672. The van der Waals surface area contributed by atoms with Gasteiger partial charge in [-0.25, -0.2) is 0 Å². The summed E-state index contributed by atoms with van der Waals surface area (Å²) in [5.74, 6) is 0.250. The van der Waals surface area contributed by atoms with E-state index in [-0.39, 0.29) is 24.2 Å². The van der Waals surface area contributed by atoms with E-state index in [1.807, 2.05) is 4.90 Å². The molecule has 106 valence electrons. The van der Waals surface area contributed by atoms with Crippen LogP contribution in [-0.4, -0.2) is 42.1 Å². The van der Waals surface area contributed by atoms with Crippen molar-refractivity contribution in [3.8, 4) is 0 Å². The lowest BCUT2D eigenvalue weighted by Crippen LogP contribution is -2.54. The molecule has 4 rings (SSSR count). The highest BCUT2D eigenvalue weighted by Crippen LogP contribution is 2.27. The van der Waals surface area contributed by atoms with Crippen LogP contribution in [0.2, 0.25) is 0 Å². The van der Waals surface area contributed by atoms with E-state index in [4.69, 9.17) is 4.74 Å². The lowest BCUT2D eigenvalue weighted by Gasteiger charge is -2.36. The molecule has 2 saturated heterocycles. The van der Waals surface area contributed by atoms with Gasteiger partial charge >= 0.3 is 0 Å². The molecule has 0 saturated carbocycles. The van der Waals surface area contributed by atoms with Gasteiger partial charge in [0.05, 0.1) is 18.2 Å². The van der Waals surface area contributed by atoms with Gasteiger partial charge in [0.15, 0.2) is 0 Å². The van der Waals surface area contributed by atoms with Crippen molar-refractivity contribution in [1.29, 1.82) is 0 Å². The molecule has 1 aromatic carbocycles. The van der Waals surface area contributed by atoms with E-state index < -0.39 is 0 Å². The second-order valence-corrected chi connectivity index (χ2v) is 6.11. The Morgan fingerprint density at radius 1 is 1.15 bits per heavy atom. The molecule has 0 aromatic heterocycles. The third kappa shape index (κ3) is 2.13. The summed E-state index contributed by atoms with van der Waals surface area (Å²) >= 11 is 0. The third-order valence-electron chi connectivity index (χ3n) is 4.73. The van der Waals surface area contributed by atoms with Crippen molar-refractivity contribution in [3.05, 3.63) is 35.4 Å². The fourth-order valence-corrected chi connectivity index (χ4v) is 3.64. The van der Waals surface area contributed by atoms with Gasteiger partial charge in [0, 0.05) is 19.6 Å². The minimum Gasteiger partial charge on any atom is -0.371 e. The molecule has 4 heteroatoms. The van der Waals surface area contributed by atoms with Crippen molar-refractivity contribution in [2.45, 2.75) is 44.1 Å². The first-order valence-corrected chi connectivity index (χ1v) is 7.54. The molecule has 4 nitrogen and oxygen atoms in total. The fourth-order valence-electron chi connectivity index (χ4n) is 3.64. The normalized spacial score (nSPS) is 32.0. The highest BCUT2D eigenvalue weighted by Gasteiger charge is 2.38. The molecule has 1 N–H and O–H groups in total. The lowest BCUT2D eigenvalue weighted by molar-refractivity contribution is -0.142. The molecule has 3 aliphatic rings. The second-order valence-electron chi connectivity index (χ2n) is 6.11. The van der Waals surface area contributed by atoms with Gasteiger partial charge in [-0.1, -0.05) is 24.3 Å². The van der Waals surface area contributed by atoms with Crippen LogP contribution in [0.15, 0.2) is 24.3 Å². The summed E-state index contributed by atoms with van der Waals surface area (Å²) in [5.41, 5.74) is 2.62. The van der Waals surface area contributed by atoms with Crippen LogP contribution in [0.3, 0.4) is 0 Å². The Labute approximate surface area is 119 Å². The van der Waals surface area contributed by atoms with E-state index in [1.54, 1.807) is 0 Å². The van der Waals surface area contributed by atoms with Crippen LogP contribution in [-0.2, 0) is 22.5 Å². The molecule has 3 aliphatic heterocycles. The Hall–Kier alpha value is -1.39. The number of morpholine rings is 1. The van der Waals surface area contributed by atoms with Crippen LogP contribution in [0.25, 0.3) is 0 Å². The molecule has 2 unspecified atom stereocenters. The lowest BCUT2D eigenvalue weighted by atomic mass is 9.95. The molecule has 2 bridgehead atoms. The number of fused-ring (bicyclic) bond motifs is 3. The number of carbonyl (C=O) groups excluding carboxylic acids is 1. The Balaban J connectivity index is 1.47. The Morgan fingerprint density at radius 3 is 2.60 bits per heavy atom. The predicted octanol–water partition coefficient (Wildman–Crippen LogP) is 1.09. The Morgan fingerprint density at radius 2 is 1.85 bits per heavy atom. The Kier molecular flexibility index (Phi) is 3.00. The zero-order valence-corrected chi connectivity index (χ0v) is 11.5. The minimum atomic E-state index is -0.0672. The zero-order chi connectivity index (χ0) is 13.5. The maximum absolute atomic E-state index is 12.7. The molecular weight excluding hydrogens is 252 g/mol. The SMILES string of the molecule is O=C([C@H]1Cc2ccccc2CN1)N1CC2CCC(C1)O2. The van der Waals surface area contributed by atoms with Crippen molar-refractivity contribution >= 4 is 5.91 Å². The number of amides is 1. The number of hydrogen-bond donors (Lipinski definition) is 1. The first-order valence-electron chi connectivity index (χ1n) is 7.54. The number of benzene rings is 1. The topological polar surface area (TPSA) is 41.6 Å². The van der Waals surface area contributed by atoms with Crippen LogP contribution in [0.4, 0.5) is 0 Å². The Bertz CT molecular complexity index is 519. The molecule has 3 heterocycles. The number of ether oxygens (including phenoxy) is 1. The summed E-state index contributed by atoms with van der Waals surface area (Å²) in [6.45, 7) is 2.34. The monoisotopic (exact) mass is 272 g/mol. The van der Waals surface area contributed by atoms with E-state index in [0.717, 1.165) is 38.9 Å². The van der Waals surface area contributed by atoms with Crippen molar-refractivity contribution in [2.75, 3.05) is 13.1 Å². The number of hydrogen-bond acceptors (Lipinski definition) is 3. The first-order chi connectivity index (χ1) is 9.79. The standard InChI is InChI=1S/C16H20N2O2/c19-16(18-9-13-5-6-14(10-18)20-13)15-7-11-3-1-2-4-12(11)8-17-15/h1-4,13-15,17H,5-10H2/t13?,14?,15-/m1/s1. The average molecular weight is 272 g/mol. The number of nitrogens with one attached hydrogen (secondary N) is 1. The molecule has 1 aromatic rings. The van der Waals surface area contributed by atoms with Gasteiger partial charge in [0.25, 0.3) is 0 Å². The largest absolute Gasteiger partial charge is 0.371 e. The van der Waals surface area contributed by atoms with Crippen LogP contribution in [0, 0.1) is 0 Å². The maximum Gasteiger partial charge on any atom is 0.240 e. The van der Waals surface area contributed by atoms with E-state index in [0.29, 0.717) is 0 Å². The quantitative estimate of drug-likeness (QED) is 0.832. The summed E-state index contributed by atoms with van der Waals surface area (Å²) in [7, 11) is 0. The molecular formula is C16H20N2O2. The van der Waals surface area contributed by atoms with Gasteiger partial charge in [-0.15, -0.1) is 0 Å². The van der Waals surface area contributed by atoms with Crippen LogP contribution < -0.4 is 5.32 Å². The molecule has 0 radical (unpaired) electrons. The molecule has 2 fully saturated rings. The molecule has 0 spiro atoms. The predicted molar refractivity (Wildman–Crippen MR) is 75.2 cm³/mol. The second kappa shape index (κ2) is 4.86. The highest BCUT2D eigenvalue weighted by atomic mass is 16.5. The van der Waals surface area contributed by atoms with Gasteiger partial charge in [-0.3, -0.25) is 4.79 Å². The smallest absolute Gasteiger partial charge is 0.240 e. The van der Waals surface area contributed by atoms with Gasteiger partial charge in [-0.2, -0.15) is 0 Å². The molecule has 1 amide bonds. The number of rotatable bonds is 1. The van der Waals surface area contributed by atoms with Crippen LogP contribution in [0.5, 0.6) is 0 Å². The van der Waals surface area contributed by atoms with Gasteiger partial charge in [0.1, 0.15) is 0 Å². The summed E-state index contributed by atoms with van der Waals surface area (Å²) < 4.78 is 5.81. The van der Waals surface area contributed by atoms with Crippen molar-refractivity contribution < 1.29 is 9.53 Å². The zero-order valence-electron chi connectivity index (χ0n) is 11.5. The fraction of sp³-hybridized carbons (Fsp3) is 0.562. The van der Waals surface area contributed by atoms with Crippen molar-refractivity contribution in [3.63, 3.8) is 0 Å². The van der Waals surface area contributed by atoms with Crippen molar-refractivity contribution in [1.82, 2.24) is 10.2 Å². The average Bonchev–Trinajstić information content (AvgIpc) is 2.84. The maximum atomic E-state index is 12.7. The molecule has 3 atom stereocenters. The van der Waals surface area contributed by atoms with E-state index in [9.17, 15) is 4.79 Å². The number of carbonyl (C=O) groups is 1. The summed E-state index contributed by atoms with van der Waals surface area (Å²) in [6, 6.07) is 8.32. The van der Waals surface area contributed by atoms with Crippen LogP contribution >= 0.6 is 0 Å². The van der Waals surface area contributed by atoms with Gasteiger partial charge in [0.2, 0.25) is 5.91 Å².